The van der Waals surface area contributed by atoms with Crippen molar-refractivity contribution in [2.75, 3.05) is 32.9 Å². The van der Waals surface area contributed by atoms with E-state index in [2.05, 4.69) is 36.2 Å². The molecule has 3 aromatic rings. The number of rotatable bonds is 7. The van der Waals surface area contributed by atoms with Crippen LogP contribution in [0, 0.1) is 0 Å². The summed E-state index contributed by atoms with van der Waals surface area (Å²) < 4.78 is 7.99. The fourth-order valence-electron chi connectivity index (χ4n) is 3.33. The predicted octanol–water partition coefficient (Wildman–Crippen LogP) is 4.51. The summed E-state index contributed by atoms with van der Waals surface area (Å²) in [5.41, 5.74) is 1.71. The molecule has 0 aliphatic carbocycles. The first-order chi connectivity index (χ1) is 15.5. The Kier molecular flexibility index (Phi) is 7.30. The van der Waals surface area contributed by atoms with Gasteiger partial charge in [0.05, 0.1) is 36.0 Å². The fraction of sp³-hybridized carbons (Fsp3) is 0.333. The van der Waals surface area contributed by atoms with Gasteiger partial charge in [-0.2, -0.15) is 0 Å². The molecule has 1 aliphatic heterocycles. The Bertz CT molecular complexity index is 1150. The van der Waals surface area contributed by atoms with Gasteiger partial charge in [-0.25, -0.2) is 0 Å². The van der Waals surface area contributed by atoms with Crippen LogP contribution in [-0.2, 0) is 21.0 Å². The molecule has 4 rings (SSSR count). The largest absolute Gasteiger partial charge is 0.493 e. The van der Waals surface area contributed by atoms with E-state index in [9.17, 15) is 9.90 Å². The molecule has 0 spiro atoms. The van der Waals surface area contributed by atoms with E-state index in [1.807, 2.05) is 35.7 Å². The number of hydrogen-bond donors (Lipinski definition) is 1. The van der Waals surface area contributed by atoms with Crippen LogP contribution in [0.5, 0.6) is 5.88 Å². The van der Waals surface area contributed by atoms with Crippen molar-refractivity contribution >= 4 is 55.5 Å². The molecule has 0 radical (unpaired) electrons. The number of carbonyl (C=O) groups is 1. The van der Waals surface area contributed by atoms with Gasteiger partial charge in [0.1, 0.15) is 0 Å². The maximum atomic E-state index is 12.2. The zero-order valence-corrected chi connectivity index (χ0v) is 19.8. The molecular weight excluding hydrogens is 498 g/mol. The monoisotopic (exact) mass is 519 g/mol. The summed E-state index contributed by atoms with van der Waals surface area (Å²) in [5, 5.41) is 25.2. The van der Waals surface area contributed by atoms with Crippen LogP contribution in [-0.4, -0.2) is 59.1 Å². The number of nitrogens with zero attached hydrogens (tertiary/aromatic N) is 5. The highest BCUT2D eigenvalue weighted by Gasteiger charge is 2.20. The highest BCUT2D eigenvalue weighted by atomic mass is 79.9. The van der Waals surface area contributed by atoms with E-state index < -0.39 is 5.91 Å². The minimum Gasteiger partial charge on any atom is -0.493 e. The summed E-state index contributed by atoms with van der Waals surface area (Å²) in [7, 11) is 0. The molecule has 0 unspecified atom stereocenters. The van der Waals surface area contributed by atoms with Crippen molar-refractivity contribution in [3.8, 4) is 5.88 Å². The average molecular weight is 520 g/mol. The van der Waals surface area contributed by atoms with Gasteiger partial charge in [0.2, 0.25) is 5.88 Å². The number of carbonyl (C=O) groups excluding carboxylic acids is 1. The fourth-order valence-corrected chi connectivity index (χ4v) is 4.36. The van der Waals surface area contributed by atoms with E-state index in [0.29, 0.717) is 31.0 Å². The molecule has 2 aromatic heterocycles. The molecule has 1 saturated heterocycles. The van der Waals surface area contributed by atoms with Gasteiger partial charge in [-0.3, -0.25) is 14.3 Å². The second-order valence-corrected chi connectivity index (χ2v) is 9.02. The number of fused-ring (bicyclic) bond motifs is 1. The average Bonchev–Trinajstić information content (AvgIpc) is 3.41. The van der Waals surface area contributed by atoms with Gasteiger partial charge in [0, 0.05) is 22.9 Å². The first-order valence-electron chi connectivity index (χ1n) is 9.99. The normalized spacial score (nSPS) is 15.6. The van der Waals surface area contributed by atoms with Gasteiger partial charge < -0.3 is 14.7 Å². The number of hydrogen-bond acceptors (Lipinski definition) is 8. The number of halogens is 1. The van der Waals surface area contributed by atoms with Crippen LogP contribution in [0.15, 0.2) is 55.6 Å². The predicted molar refractivity (Wildman–Crippen MR) is 126 cm³/mol. The van der Waals surface area contributed by atoms with E-state index in [0.717, 1.165) is 28.0 Å². The smallest absolute Gasteiger partial charge is 0.304 e. The Morgan fingerprint density at radius 2 is 2.12 bits per heavy atom. The Morgan fingerprint density at radius 1 is 1.31 bits per heavy atom. The van der Waals surface area contributed by atoms with Crippen molar-refractivity contribution in [1.29, 1.82) is 0 Å². The van der Waals surface area contributed by atoms with Gasteiger partial charge >= 0.3 is 5.91 Å². The topological polar surface area (TPSA) is 101 Å². The number of azo groups is 1. The minimum absolute atomic E-state index is 0.0476. The van der Waals surface area contributed by atoms with Gasteiger partial charge in [0.25, 0.3) is 0 Å². The Morgan fingerprint density at radius 3 is 2.88 bits per heavy atom. The molecule has 11 heteroatoms. The maximum absolute atomic E-state index is 12.2. The lowest BCUT2D eigenvalue weighted by Gasteiger charge is -2.27. The molecule has 3 heterocycles. The first-order valence-corrected chi connectivity index (χ1v) is 11.7. The first kappa shape index (κ1) is 22.6. The molecule has 1 N–H and O–H groups in total. The third-order valence-electron chi connectivity index (χ3n) is 4.95. The van der Waals surface area contributed by atoms with Crippen LogP contribution in [0.1, 0.15) is 11.8 Å². The number of benzene rings is 1. The summed E-state index contributed by atoms with van der Waals surface area (Å²) in [6, 6.07) is 9.46. The summed E-state index contributed by atoms with van der Waals surface area (Å²) in [5.74, 6) is -0.648. The van der Waals surface area contributed by atoms with Crippen molar-refractivity contribution in [2.24, 2.45) is 15.4 Å². The second-order valence-electron chi connectivity index (χ2n) is 7.15. The number of morpholine rings is 1. The SMILES string of the molecule is CC(=NOCC(=O)N=Nc1c(O)n(CN2CCOCC2)c2ccc(Br)cc12)c1cccs1. The third kappa shape index (κ3) is 5.23. The lowest BCUT2D eigenvalue weighted by atomic mass is 10.2. The number of amides is 1. The van der Waals surface area contributed by atoms with Crippen LogP contribution in [0.2, 0.25) is 0 Å². The molecule has 32 heavy (non-hydrogen) atoms. The quantitative estimate of drug-likeness (QED) is 0.281. The minimum atomic E-state index is -0.601. The highest BCUT2D eigenvalue weighted by Crippen LogP contribution is 2.40. The Balaban J connectivity index is 1.50. The van der Waals surface area contributed by atoms with Gasteiger partial charge in [0.15, 0.2) is 12.3 Å². The molecule has 1 aliphatic rings. The lowest BCUT2D eigenvalue weighted by molar-refractivity contribution is -0.122. The van der Waals surface area contributed by atoms with Crippen LogP contribution in [0.3, 0.4) is 0 Å². The van der Waals surface area contributed by atoms with Gasteiger partial charge in [-0.1, -0.05) is 27.2 Å². The molecular formula is C21H22BrN5O4S. The van der Waals surface area contributed by atoms with Crippen LogP contribution >= 0.6 is 27.3 Å². The molecule has 0 saturated carbocycles. The summed E-state index contributed by atoms with van der Waals surface area (Å²) in [6.45, 7) is 4.79. The molecule has 9 nitrogen and oxygen atoms in total. The third-order valence-corrected chi connectivity index (χ3v) is 6.42. The maximum Gasteiger partial charge on any atom is 0.304 e. The van der Waals surface area contributed by atoms with E-state index in [1.165, 1.54) is 11.3 Å². The van der Waals surface area contributed by atoms with E-state index in [-0.39, 0.29) is 18.2 Å². The van der Waals surface area contributed by atoms with E-state index in [4.69, 9.17) is 9.57 Å². The zero-order chi connectivity index (χ0) is 22.5. The van der Waals surface area contributed by atoms with Crippen molar-refractivity contribution in [2.45, 2.75) is 13.6 Å². The van der Waals surface area contributed by atoms with Crippen molar-refractivity contribution in [3.05, 3.63) is 45.1 Å². The Hall–Kier alpha value is -2.60. The van der Waals surface area contributed by atoms with E-state index in [1.54, 1.807) is 11.5 Å². The standard InChI is InChI=1S/C21H22BrN5O4S/c1-14(18-3-2-10-32-18)25-31-12-19(28)23-24-20-16-11-15(22)4-5-17(16)27(21(20)29)13-26-6-8-30-9-7-26/h2-5,10-11,29H,6-9,12-13H2,1H3. The van der Waals surface area contributed by atoms with Crippen LogP contribution < -0.4 is 0 Å². The second kappa shape index (κ2) is 10.3. The van der Waals surface area contributed by atoms with Crippen molar-refractivity contribution < 1.29 is 19.5 Å². The number of ether oxygens (including phenoxy) is 1. The molecule has 1 amide bonds. The summed E-state index contributed by atoms with van der Waals surface area (Å²) in [6.07, 6.45) is 0. The molecule has 168 valence electrons. The number of oxime groups is 1. The number of aromatic nitrogens is 1. The highest BCUT2D eigenvalue weighted by molar-refractivity contribution is 9.10. The summed E-state index contributed by atoms with van der Waals surface area (Å²) >= 11 is 4.99. The van der Waals surface area contributed by atoms with Crippen LogP contribution in [0.4, 0.5) is 5.69 Å². The van der Waals surface area contributed by atoms with Gasteiger partial charge in [-0.15, -0.1) is 21.6 Å². The molecule has 0 bridgehead atoms. The zero-order valence-electron chi connectivity index (χ0n) is 17.4. The number of thiophene rings is 1. The van der Waals surface area contributed by atoms with E-state index >= 15 is 0 Å². The molecule has 1 fully saturated rings. The van der Waals surface area contributed by atoms with Crippen molar-refractivity contribution in [1.82, 2.24) is 9.47 Å². The summed E-state index contributed by atoms with van der Waals surface area (Å²) in [4.78, 5) is 20.4. The lowest BCUT2D eigenvalue weighted by Crippen LogP contribution is -2.37. The number of aromatic hydroxyl groups is 1. The molecule has 1 aromatic carbocycles. The van der Waals surface area contributed by atoms with Crippen molar-refractivity contribution in [3.63, 3.8) is 0 Å². The van der Waals surface area contributed by atoms with Crippen LogP contribution in [0.25, 0.3) is 10.9 Å². The van der Waals surface area contributed by atoms with Gasteiger partial charge in [-0.05, 0) is 36.6 Å². The molecule has 0 atom stereocenters. The Labute approximate surface area is 197 Å².